The Bertz CT molecular complexity index is 1290. The second-order valence-electron chi connectivity index (χ2n) is 7.03. The molecule has 0 heterocycles. The molecule has 0 radical (unpaired) electrons. The first-order valence-corrected chi connectivity index (χ1v) is 11.7. The van der Waals surface area contributed by atoms with Crippen molar-refractivity contribution in [1.82, 2.24) is 5.43 Å². The fourth-order valence-electron chi connectivity index (χ4n) is 3.19. The van der Waals surface area contributed by atoms with E-state index in [4.69, 9.17) is 14.2 Å². The molecule has 1 amide bonds. The molecule has 11 heteroatoms. The lowest BCUT2D eigenvalue weighted by Gasteiger charge is -2.24. The first kappa shape index (κ1) is 25.5. The van der Waals surface area contributed by atoms with Crippen LogP contribution in [0.1, 0.15) is 5.56 Å². The number of nitrogens with zero attached hydrogens (tertiary/aromatic N) is 2. The molecule has 0 saturated carbocycles. The summed E-state index contributed by atoms with van der Waals surface area (Å²) < 4.78 is 57.5. The number of nitrogens with one attached hydrogen (secondary N) is 1. The maximum atomic E-state index is 14.5. The molecule has 35 heavy (non-hydrogen) atoms. The fraction of sp³-hybridized carbons (Fsp3) is 0.167. The molecule has 0 aliphatic carbocycles. The average molecular weight is 502 g/mol. The molecule has 9 nitrogen and oxygen atoms in total. The molecule has 0 aromatic heterocycles. The number of amides is 1. The van der Waals surface area contributed by atoms with Gasteiger partial charge in [0.1, 0.15) is 12.4 Å². The lowest BCUT2D eigenvalue weighted by atomic mass is 10.2. The molecule has 0 unspecified atom stereocenters. The van der Waals surface area contributed by atoms with Gasteiger partial charge in [-0.1, -0.05) is 30.3 Å². The van der Waals surface area contributed by atoms with Gasteiger partial charge in [-0.25, -0.2) is 18.2 Å². The molecule has 184 valence electrons. The normalized spacial score (nSPS) is 11.2. The number of para-hydroxylation sites is 1. The van der Waals surface area contributed by atoms with E-state index in [1.807, 2.05) is 0 Å². The van der Waals surface area contributed by atoms with Crippen LogP contribution in [0.3, 0.4) is 0 Å². The molecule has 0 fully saturated rings. The third kappa shape index (κ3) is 5.87. The quantitative estimate of drug-likeness (QED) is 0.338. The van der Waals surface area contributed by atoms with Crippen molar-refractivity contribution in [2.45, 2.75) is 4.90 Å². The zero-order valence-corrected chi connectivity index (χ0v) is 20.1. The van der Waals surface area contributed by atoms with Gasteiger partial charge in [0.05, 0.1) is 38.1 Å². The molecule has 0 saturated heterocycles. The molecule has 1 N–H and O–H groups in total. The van der Waals surface area contributed by atoms with Crippen molar-refractivity contribution >= 4 is 27.8 Å². The van der Waals surface area contributed by atoms with Gasteiger partial charge in [0.2, 0.25) is 5.75 Å². The number of anilines is 1. The summed E-state index contributed by atoms with van der Waals surface area (Å²) in [5, 5.41) is 3.88. The third-order valence-corrected chi connectivity index (χ3v) is 6.60. The van der Waals surface area contributed by atoms with Gasteiger partial charge in [0, 0.05) is 5.56 Å². The minimum absolute atomic E-state index is 0.0861. The van der Waals surface area contributed by atoms with Gasteiger partial charge in [-0.15, -0.1) is 0 Å². The number of methoxy groups -OCH3 is 3. The van der Waals surface area contributed by atoms with Crippen molar-refractivity contribution in [2.75, 3.05) is 32.2 Å². The molecule has 0 aliphatic rings. The highest BCUT2D eigenvalue weighted by atomic mass is 32.2. The van der Waals surface area contributed by atoms with Crippen molar-refractivity contribution in [1.29, 1.82) is 0 Å². The highest BCUT2D eigenvalue weighted by molar-refractivity contribution is 7.92. The summed E-state index contributed by atoms with van der Waals surface area (Å²) in [6, 6.07) is 16.0. The lowest BCUT2D eigenvalue weighted by molar-refractivity contribution is -0.119. The molecule has 0 atom stereocenters. The highest BCUT2D eigenvalue weighted by Gasteiger charge is 2.29. The minimum atomic E-state index is -4.24. The third-order valence-electron chi connectivity index (χ3n) is 4.83. The van der Waals surface area contributed by atoms with Gasteiger partial charge in [0.15, 0.2) is 11.5 Å². The predicted octanol–water partition coefficient (Wildman–Crippen LogP) is 3.20. The Balaban J connectivity index is 1.84. The SMILES string of the molecule is COc1cc(/C=N\NC(=O)CN(c2ccccc2F)S(=O)(=O)c2ccccc2)cc(OC)c1OC. The second kappa shape index (κ2) is 11.3. The molecule has 3 rings (SSSR count). The monoisotopic (exact) mass is 501 g/mol. The molecule has 3 aromatic carbocycles. The summed E-state index contributed by atoms with van der Waals surface area (Å²) in [7, 11) is 0.156. The first-order chi connectivity index (χ1) is 16.8. The second-order valence-corrected chi connectivity index (χ2v) is 8.89. The Morgan fingerprint density at radius 2 is 1.57 bits per heavy atom. The smallest absolute Gasteiger partial charge is 0.264 e. The zero-order chi connectivity index (χ0) is 25.4. The largest absolute Gasteiger partial charge is 0.493 e. The fourth-order valence-corrected chi connectivity index (χ4v) is 4.64. The van der Waals surface area contributed by atoms with Gasteiger partial charge in [-0.3, -0.25) is 9.10 Å². The number of sulfonamides is 1. The van der Waals surface area contributed by atoms with Crippen LogP contribution < -0.4 is 23.9 Å². The number of ether oxygens (including phenoxy) is 3. The van der Waals surface area contributed by atoms with E-state index in [2.05, 4.69) is 10.5 Å². The Morgan fingerprint density at radius 3 is 2.14 bits per heavy atom. The minimum Gasteiger partial charge on any atom is -0.493 e. The van der Waals surface area contributed by atoms with E-state index < -0.39 is 28.3 Å². The van der Waals surface area contributed by atoms with Gasteiger partial charge >= 0.3 is 0 Å². The molecule has 0 bridgehead atoms. The van der Waals surface area contributed by atoms with Gasteiger partial charge in [-0.2, -0.15) is 5.10 Å². The van der Waals surface area contributed by atoms with Crippen molar-refractivity contribution in [3.8, 4) is 17.2 Å². The number of carbonyl (C=O) groups excluding carboxylic acids is 1. The van der Waals surface area contributed by atoms with Crippen molar-refractivity contribution in [3.05, 3.63) is 78.1 Å². The average Bonchev–Trinajstić information content (AvgIpc) is 2.87. The van der Waals surface area contributed by atoms with Crippen LogP contribution in [0.25, 0.3) is 0 Å². The summed E-state index contributed by atoms with van der Waals surface area (Å²) in [5.41, 5.74) is 2.52. The predicted molar refractivity (Wildman–Crippen MR) is 129 cm³/mol. The van der Waals surface area contributed by atoms with Crippen LogP contribution in [0.15, 0.2) is 76.7 Å². The number of hydrogen-bond acceptors (Lipinski definition) is 7. The lowest BCUT2D eigenvalue weighted by Crippen LogP contribution is -2.40. The Labute approximate surface area is 202 Å². The molecule has 3 aromatic rings. The van der Waals surface area contributed by atoms with Crippen molar-refractivity contribution in [2.24, 2.45) is 5.10 Å². The zero-order valence-electron chi connectivity index (χ0n) is 19.3. The summed E-state index contributed by atoms with van der Waals surface area (Å²) >= 11 is 0. The van der Waals surface area contributed by atoms with E-state index in [9.17, 15) is 17.6 Å². The van der Waals surface area contributed by atoms with E-state index >= 15 is 0 Å². The molecular formula is C24H24FN3O6S. The number of rotatable bonds is 10. The summed E-state index contributed by atoms with van der Waals surface area (Å²) in [6.45, 7) is -0.704. The summed E-state index contributed by atoms with van der Waals surface area (Å²) in [6.07, 6.45) is 1.32. The van der Waals surface area contributed by atoms with E-state index in [0.717, 1.165) is 6.07 Å². The first-order valence-electron chi connectivity index (χ1n) is 10.3. The van der Waals surface area contributed by atoms with Crippen molar-refractivity contribution < 1.29 is 31.8 Å². The van der Waals surface area contributed by atoms with Gasteiger partial charge in [-0.05, 0) is 36.4 Å². The molecule has 0 spiro atoms. The van der Waals surface area contributed by atoms with Crippen LogP contribution in [-0.2, 0) is 14.8 Å². The Kier molecular flexibility index (Phi) is 8.26. The number of hydrogen-bond donors (Lipinski definition) is 1. The van der Waals surface area contributed by atoms with Crippen LogP contribution in [0, 0.1) is 5.82 Å². The highest BCUT2D eigenvalue weighted by Crippen LogP contribution is 2.37. The standard InChI is InChI=1S/C24H24FN3O6S/c1-32-21-13-17(14-22(33-2)24(21)34-3)15-26-27-23(29)16-28(20-12-8-7-11-19(20)25)35(30,31)18-9-5-4-6-10-18/h4-15H,16H2,1-3H3,(H,27,29)/b26-15-. The number of benzene rings is 3. The number of halogens is 1. The summed E-state index contributed by atoms with van der Waals surface area (Å²) in [4.78, 5) is 12.5. The maximum absolute atomic E-state index is 14.5. The van der Waals surface area contributed by atoms with Crippen LogP contribution >= 0.6 is 0 Å². The van der Waals surface area contributed by atoms with Gasteiger partial charge in [0.25, 0.3) is 15.9 Å². The van der Waals surface area contributed by atoms with Crippen LogP contribution in [0.5, 0.6) is 17.2 Å². The Hall–Kier alpha value is -4.12. The van der Waals surface area contributed by atoms with Gasteiger partial charge < -0.3 is 14.2 Å². The number of hydrazone groups is 1. The molecule has 0 aliphatic heterocycles. The number of carbonyl (C=O) groups is 1. The van der Waals surface area contributed by atoms with Crippen LogP contribution in [-0.4, -0.2) is 48.4 Å². The van der Waals surface area contributed by atoms with E-state index in [-0.39, 0.29) is 10.6 Å². The topological polar surface area (TPSA) is 107 Å². The Morgan fingerprint density at radius 1 is 0.971 bits per heavy atom. The van der Waals surface area contributed by atoms with Crippen LogP contribution in [0.2, 0.25) is 0 Å². The molecular weight excluding hydrogens is 477 g/mol. The van der Waals surface area contributed by atoms with E-state index in [1.54, 1.807) is 18.2 Å². The van der Waals surface area contributed by atoms with E-state index in [1.165, 1.54) is 70.0 Å². The maximum Gasteiger partial charge on any atom is 0.264 e. The van der Waals surface area contributed by atoms with Crippen LogP contribution in [0.4, 0.5) is 10.1 Å². The van der Waals surface area contributed by atoms with E-state index in [0.29, 0.717) is 27.1 Å². The van der Waals surface area contributed by atoms with Crippen molar-refractivity contribution in [3.63, 3.8) is 0 Å². The summed E-state index contributed by atoms with van der Waals surface area (Å²) in [5.74, 6) is -0.404.